The maximum Gasteiger partial charge on any atom is 0.272 e. The van der Waals surface area contributed by atoms with Gasteiger partial charge >= 0.3 is 0 Å². The molecule has 0 bridgehead atoms. The summed E-state index contributed by atoms with van der Waals surface area (Å²) in [5.74, 6) is -0.554. The molecule has 1 N–H and O–H groups in total. The summed E-state index contributed by atoms with van der Waals surface area (Å²) < 4.78 is 5.76. The van der Waals surface area contributed by atoms with Gasteiger partial charge in [0.1, 0.15) is 17.1 Å². The van der Waals surface area contributed by atoms with E-state index < -0.39 is 16.7 Å². The van der Waals surface area contributed by atoms with Gasteiger partial charge in [-0.2, -0.15) is 0 Å². The Hall–Kier alpha value is -3.82. The number of carbonyl (C=O) groups excluding carboxylic acids is 2. The van der Waals surface area contributed by atoms with Gasteiger partial charge in [-0.15, -0.1) is 0 Å². The van der Waals surface area contributed by atoms with Gasteiger partial charge in [-0.1, -0.05) is 11.6 Å². The molecule has 1 aromatic heterocycles. The first-order valence-electron chi connectivity index (χ1n) is 9.27. The quantitative estimate of drug-likeness (QED) is 0.197. The van der Waals surface area contributed by atoms with Gasteiger partial charge in [0.15, 0.2) is 5.11 Å². The van der Waals surface area contributed by atoms with Crippen molar-refractivity contribution in [2.24, 2.45) is 0 Å². The second kappa shape index (κ2) is 8.37. The summed E-state index contributed by atoms with van der Waals surface area (Å²) in [7, 11) is 0. The highest BCUT2D eigenvalue weighted by molar-refractivity contribution is 7.80. The van der Waals surface area contributed by atoms with Crippen LogP contribution in [0.15, 0.2) is 64.6 Å². The molecule has 4 rings (SSSR count). The van der Waals surface area contributed by atoms with Crippen molar-refractivity contribution < 1.29 is 18.9 Å². The molecule has 0 aliphatic carbocycles. The fraction of sp³-hybridized carbons (Fsp3) is 0.0455. The third-order valence-corrected chi connectivity index (χ3v) is 5.31. The molecule has 1 aliphatic heterocycles. The van der Waals surface area contributed by atoms with Crippen molar-refractivity contribution in [2.45, 2.75) is 6.92 Å². The van der Waals surface area contributed by atoms with E-state index in [0.29, 0.717) is 27.6 Å². The number of furan rings is 1. The van der Waals surface area contributed by atoms with Crippen molar-refractivity contribution in [3.05, 3.63) is 86.6 Å². The summed E-state index contributed by atoms with van der Waals surface area (Å²) in [5, 5.41) is 14.0. The van der Waals surface area contributed by atoms with Crippen LogP contribution in [0.3, 0.4) is 0 Å². The number of anilines is 1. The third-order valence-electron chi connectivity index (χ3n) is 4.78. The third kappa shape index (κ3) is 4.03. The Kier molecular flexibility index (Phi) is 5.60. The van der Waals surface area contributed by atoms with Crippen LogP contribution in [0.25, 0.3) is 17.4 Å². The van der Waals surface area contributed by atoms with E-state index in [9.17, 15) is 19.7 Å². The van der Waals surface area contributed by atoms with Gasteiger partial charge < -0.3 is 4.42 Å². The fourth-order valence-corrected chi connectivity index (χ4v) is 3.63. The highest BCUT2D eigenvalue weighted by Gasteiger charge is 2.34. The SMILES string of the molecule is Cc1cc(-c2ccc(/C=C3\C(=O)NC(=S)N(c4ccc(Cl)cc4)C3=O)o2)ccc1[N+](=O)[O-]. The van der Waals surface area contributed by atoms with Crippen LogP contribution in [-0.2, 0) is 9.59 Å². The van der Waals surface area contributed by atoms with Crippen LogP contribution in [-0.4, -0.2) is 21.9 Å². The van der Waals surface area contributed by atoms with E-state index >= 15 is 0 Å². The van der Waals surface area contributed by atoms with E-state index in [1.165, 1.54) is 17.0 Å². The smallest absolute Gasteiger partial charge is 0.272 e. The largest absolute Gasteiger partial charge is 0.457 e. The van der Waals surface area contributed by atoms with Crippen molar-refractivity contribution in [1.29, 1.82) is 0 Å². The average Bonchev–Trinajstić information content (AvgIpc) is 3.21. The Morgan fingerprint density at radius 3 is 2.50 bits per heavy atom. The first kappa shape index (κ1) is 21.4. The van der Waals surface area contributed by atoms with Crippen LogP contribution < -0.4 is 10.2 Å². The molecule has 0 unspecified atom stereocenters. The van der Waals surface area contributed by atoms with Crippen LogP contribution in [0.4, 0.5) is 11.4 Å². The minimum Gasteiger partial charge on any atom is -0.457 e. The summed E-state index contributed by atoms with van der Waals surface area (Å²) in [4.78, 5) is 37.2. The molecule has 1 aliphatic rings. The fourth-order valence-electron chi connectivity index (χ4n) is 3.22. The molecule has 2 aromatic carbocycles. The number of nitro benzene ring substituents is 1. The van der Waals surface area contributed by atoms with Gasteiger partial charge in [0.2, 0.25) is 0 Å². The molecule has 8 nitrogen and oxygen atoms in total. The van der Waals surface area contributed by atoms with E-state index in [0.717, 1.165) is 0 Å². The number of nitrogens with zero attached hydrogens (tertiary/aromatic N) is 2. The molecule has 2 heterocycles. The van der Waals surface area contributed by atoms with E-state index in [1.807, 2.05) is 0 Å². The predicted octanol–water partition coefficient (Wildman–Crippen LogP) is 4.65. The molecule has 0 radical (unpaired) electrons. The first-order chi connectivity index (χ1) is 15.2. The second-order valence-corrected chi connectivity index (χ2v) is 7.72. The Bertz CT molecular complexity index is 1310. The maximum atomic E-state index is 13.0. The Labute approximate surface area is 192 Å². The zero-order chi connectivity index (χ0) is 23.0. The van der Waals surface area contributed by atoms with Crippen molar-refractivity contribution in [1.82, 2.24) is 5.32 Å². The molecule has 32 heavy (non-hydrogen) atoms. The molecule has 2 amide bonds. The van der Waals surface area contributed by atoms with Gasteiger partial charge in [-0.3, -0.25) is 29.9 Å². The van der Waals surface area contributed by atoms with E-state index in [4.69, 9.17) is 28.2 Å². The number of rotatable bonds is 4. The lowest BCUT2D eigenvalue weighted by molar-refractivity contribution is -0.385. The standard InChI is InChI=1S/C22H14ClN3O5S/c1-12-10-13(2-8-18(12)26(29)30)19-9-7-16(31-19)11-17-20(27)24-22(32)25(21(17)28)15-5-3-14(23)4-6-15/h2-11H,1H3,(H,24,27,32)/b17-11+. The lowest BCUT2D eigenvalue weighted by atomic mass is 10.1. The lowest BCUT2D eigenvalue weighted by Crippen LogP contribution is -2.54. The minimum absolute atomic E-state index is 0.00498. The summed E-state index contributed by atoms with van der Waals surface area (Å²) in [6.45, 7) is 1.63. The minimum atomic E-state index is -0.644. The van der Waals surface area contributed by atoms with E-state index in [2.05, 4.69) is 5.32 Å². The highest BCUT2D eigenvalue weighted by atomic mass is 35.5. The van der Waals surface area contributed by atoms with E-state index in [-0.39, 0.29) is 22.1 Å². The zero-order valence-electron chi connectivity index (χ0n) is 16.5. The highest BCUT2D eigenvalue weighted by Crippen LogP contribution is 2.29. The number of benzene rings is 2. The number of carbonyl (C=O) groups is 2. The topological polar surface area (TPSA) is 106 Å². The van der Waals surface area contributed by atoms with Gasteiger partial charge in [-0.05, 0) is 73.7 Å². The predicted molar refractivity (Wildman–Crippen MR) is 123 cm³/mol. The molecule has 0 saturated carbocycles. The number of halogens is 1. The summed E-state index contributed by atoms with van der Waals surface area (Å²) in [6, 6.07) is 14.3. The molecule has 10 heteroatoms. The first-order valence-corrected chi connectivity index (χ1v) is 10.1. The number of thiocarbonyl (C=S) groups is 1. The Morgan fingerprint density at radius 1 is 1.12 bits per heavy atom. The molecular weight excluding hydrogens is 454 g/mol. The molecule has 3 aromatic rings. The molecule has 160 valence electrons. The monoisotopic (exact) mass is 467 g/mol. The number of amides is 2. The summed E-state index contributed by atoms with van der Waals surface area (Å²) in [6.07, 6.45) is 1.32. The number of nitrogens with one attached hydrogen (secondary N) is 1. The molecule has 0 atom stereocenters. The van der Waals surface area contributed by atoms with Crippen molar-refractivity contribution in [2.75, 3.05) is 4.90 Å². The zero-order valence-corrected chi connectivity index (χ0v) is 18.1. The van der Waals surface area contributed by atoms with Gasteiger partial charge in [0, 0.05) is 22.2 Å². The number of hydrogen-bond donors (Lipinski definition) is 1. The van der Waals surface area contributed by atoms with Gasteiger partial charge in [0.25, 0.3) is 17.5 Å². The van der Waals surface area contributed by atoms with Crippen molar-refractivity contribution in [3.63, 3.8) is 0 Å². The summed E-state index contributed by atoms with van der Waals surface area (Å²) >= 11 is 11.1. The van der Waals surface area contributed by atoms with Gasteiger partial charge in [0.05, 0.1) is 10.6 Å². The number of aryl methyl sites for hydroxylation is 1. The second-order valence-electron chi connectivity index (χ2n) is 6.89. The summed E-state index contributed by atoms with van der Waals surface area (Å²) in [5.41, 5.74) is 1.41. The normalized spacial score (nSPS) is 15.2. The Morgan fingerprint density at radius 2 is 1.84 bits per heavy atom. The lowest BCUT2D eigenvalue weighted by Gasteiger charge is -2.28. The van der Waals surface area contributed by atoms with Crippen molar-refractivity contribution >= 4 is 58.2 Å². The molecule has 1 saturated heterocycles. The number of nitro groups is 1. The number of hydrogen-bond acceptors (Lipinski definition) is 6. The molecule has 0 spiro atoms. The Balaban J connectivity index is 1.65. The van der Waals surface area contributed by atoms with Crippen LogP contribution in [0.2, 0.25) is 5.02 Å². The van der Waals surface area contributed by atoms with Crippen LogP contribution in [0.5, 0.6) is 0 Å². The molecule has 1 fully saturated rings. The molecular formula is C22H14ClN3O5S. The van der Waals surface area contributed by atoms with Crippen LogP contribution >= 0.6 is 23.8 Å². The van der Waals surface area contributed by atoms with Gasteiger partial charge in [-0.25, -0.2) is 0 Å². The average molecular weight is 468 g/mol. The van der Waals surface area contributed by atoms with E-state index in [1.54, 1.807) is 55.5 Å². The van der Waals surface area contributed by atoms with Crippen molar-refractivity contribution in [3.8, 4) is 11.3 Å². The maximum absolute atomic E-state index is 13.0. The van der Waals surface area contributed by atoms with Crippen LogP contribution in [0.1, 0.15) is 11.3 Å². The van der Waals surface area contributed by atoms with Crippen LogP contribution in [0, 0.1) is 17.0 Å².